The fraction of sp³-hybridized carbons (Fsp3) is 0.333. The molecule has 138 heavy (non-hydrogen) atoms. The monoisotopic (exact) mass is 2230 g/mol. The Morgan fingerprint density at radius 1 is 0.225 bits per heavy atom. The standard InChI is InChI=1S/C28H38GeN.C24H30GeN.C23H28GeN.C18H26GeN.C17H24GeN.C16H22GeN/c1-20-15-21(2)25(17-24(20)22-13-11-10-12-14-22)27-16-23(18-28(3,4)5)26(19-30(27)9)29(6,7)8;1-17-13-18(2)22(15-21(17)20-11-9-8-10-12-20)24-14-19(3)23(16-26(24)7)25(4,5)6;1-17-14-18(2)22(15-21(17)19-10-8-7-9-11-19)23-13-12-20(16-25(23)6)24(3,4)5;1-13-8-9-16(14(2)10-13)18-11-15(3)17(12-20(18)7)19(4,5)6;1-13-7-9-16(14(2)11-13)17-10-8-15(12-19(17)6)18(3,4)5;1-13-8-6-7-9-15(13)16-11-10-14(12-18(16)5)17(2,3)4/h10-17,19H,18H2,1-9H3;8-16H,1-7H3;7-16H,1-6H3;8-12H,1-7H3;7-12H,1-6H3;6-12H,1-5H3/q6*+1/i1D3,18D2;4*1D3;. The summed E-state index contributed by atoms with van der Waals surface area (Å²) in [7, 11) is 12.5. The molecular formula is C126H168Ge6N6+6. The molecule has 0 aliphatic carbocycles. The number of hydrogen-bond donors (Lipinski definition) is 0. The molecule has 0 amide bonds. The van der Waals surface area contributed by atoms with Gasteiger partial charge in [-0.3, -0.25) is 0 Å². The van der Waals surface area contributed by atoms with Crippen LogP contribution in [-0.2, 0) is 48.7 Å². The van der Waals surface area contributed by atoms with Crippen LogP contribution in [0.25, 0.3) is 101 Å². The van der Waals surface area contributed by atoms with E-state index in [0.29, 0.717) is 33.4 Å². The topological polar surface area (TPSA) is 23.3 Å². The molecule has 6 aromatic heterocycles. The zero-order chi connectivity index (χ0) is 116. The summed E-state index contributed by atoms with van der Waals surface area (Å²) in [5.41, 5.74) is 29.1. The Hall–Kier alpha value is -8.86. The second-order valence-electron chi connectivity index (χ2n) is 45.1. The van der Waals surface area contributed by atoms with Crippen LogP contribution >= 0.6 is 0 Å². The Morgan fingerprint density at radius 2 is 0.500 bits per heavy atom. The SMILES string of the molecule is Cc1ccccc1-c1cc[c]([Ge]([CH3])([CH3])[CH3])c[n+]1C.[2H]C([2H])([2H])c1cc(C)c(-c2cc(C([2H])([2H])C(C)(C)C)[c]([Ge]([CH3])([CH3])[CH3])c[n+]2C)cc1-c1ccccc1.[2H]C([2H])([2H])c1cc(C)c(-c2cc(C)[c]([Ge]([CH3])([CH3])[CH3])c[n+]2C)cc1-c1ccccc1.[2H]C([2H])([2H])c1cc(C)c(-c2cc[c]([Ge]([CH3])([CH3])[CH3])c[n+]2C)cc1-c1ccccc1.[2H]C([2H])([2H])c1ccc(-c2cc(C)[c]([Ge]([CH3])([CH3])[CH3])c[n+]2C)c(C)c1.[2H]C([2H])([2H])c1ccc(-c2cc[c]([Ge]([CH3])([CH3])[CH3])c[n+]2C)c(C)c1. The molecular weight excluding hydrogens is 2030 g/mol. The van der Waals surface area contributed by atoms with Gasteiger partial charge in [-0.2, -0.15) is 0 Å². The molecule has 0 saturated heterocycles. The summed E-state index contributed by atoms with van der Waals surface area (Å²) >= 11 is -11.8. The van der Waals surface area contributed by atoms with Crippen molar-refractivity contribution in [2.75, 3.05) is 0 Å². The van der Waals surface area contributed by atoms with E-state index in [-0.39, 0.29) is 0 Å². The predicted molar refractivity (Wildman–Crippen MR) is 617 cm³/mol. The average molecular weight is 2220 g/mol. The maximum atomic E-state index is 9.13. The Morgan fingerprint density at radius 3 is 0.797 bits per heavy atom. The van der Waals surface area contributed by atoms with E-state index < -0.39 is 126 Å². The van der Waals surface area contributed by atoms with Gasteiger partial charge in [0, 0.05) is 0 Å². The summed E-state index contributed by atoms with van der Waals surface area (Å²) in [4.78, 5) is 0. The van der Waals surface area contributed by atoms with E-state index >= 15 is 0 Å². The van der Waals surface area contributed by atoms with Crippen LogP contribution in [0, 0.1) is 95.1 Å². The van der Waals surface area contributed by atoms with Gasteiger partial charge in [-0.1, -0.05) is 0 Å². The number of benzene rings is 9. The van der Waals surface area contributed by atoms with Crippen molar-refractivity contribution in [3.8, 4) is 101 Å². The fourth-order valence-corrected chi connectivity index (χ4v) is 36.1. The molecule has 0 aliphatic heterocycles. The van der Waals surface area contributed by atoms with Crippen molar-refractivity contribution in [1.82, 2.24) is 0 Å². The van der Waals surface area contributed by atoms with Gasteiger partial charge in [-0.15, -0.1) is 0 Å². The van der Waals surface area contributed by atoms with Crippen molar-refractivity contribution in [3.63, 3.8) is 0 Å². The summed E-state index contributed by atoms with van der Waals surface area (Å²) in [6.07, 6.45) is 11.9. The number of aryl methyl sites for hydroxylation is 19. The molecule has 0 saturated carbocycles. The van der Waals surface area contributed by atoms with Gasteiger partial charge in [-0.25, -0.2) is 0 Å². The van der Waals surface area contributed by atoms with Crippen LogP contribution in [0.5, 0.6) is 0 Å². The van der Waals surface area contributed by atoms with Crippen LogP contribution in [-0.4, -0.2) is 79.6 Å². The second-order valence-corrected chi connectivity index (χ2v) is 109. The molecule has 9 aromatic carbocycles. The molecule has 0 fully saturated rings. The molecule has 0 bridgehead atoms. The van der Waals surface area contributed by atoms with Gasteiger partial charge in [0.1, 0.15) is 0 Å². The van der Waals surface area contributed by atoms with Crippen molar-refractivity contribution in [2.24, 2.45) is 47.7 Å². The summed E-state index contributed by atoms with van der Waals surface area (Å²) in [5, 5.41) is 0. The summed E-state index contributed by atoms with van der Waals surface area (Å²) in [5.74, 6) is 42.9. The van der Waals surface area contributed by atoms with E-state index in [1.54, 1.807) is 34.7 Å². The van der Waals surface area contributed by atoms with Crippen molar-refractivity contribution in [3.05, 3.63) is 358 Å². The maximum absolute atomic E-state index is 9.13. The van der Waals surface area contributed by atoms with Crippen LogP contribution in [0.3, 0.4) is 0 Å². The van der Waals surface area contributed by atoms with Crippen molar-refractivity contribution in [1.29, 1.82) is 0 Å². The summed E-state index contributed by atoms with van der Waals surface area (Å²) in [6.45, 7) is 11.6. The van der Waals surface area contributed by atoms with E-state index in [4.69, 9.17) is 23.3 Å². The minimum absolute atomic E-state index is 0.333. The molecule has 6 nitrogen and oxygen atoms in total. The first kappa shape index (κ1) is 88.1. The Bertz CT molecular complexity index is 7510. The Balaban J connectivity index is 0.000000191. The molecule has 0 aliphatic rings. The molecule has 15 rings (SSSR count). The van der Waals surface area contributed by atoms with E-state index in [0.717, 1.165) is 122 Å². The van der Waals surface area contributed by atoms with E-state index in [1.807, 2.05) is 196 Å². The second kappa shape index (κ2) is 46.0. The molecule has 12 heteroatoms. The van der Waals surface area contributed by atoms with E-state index in [1.165, 1.54) is 45.5 Å². The molecule has 0 radical (unpaired) electrons. The number of nitrogens with zero attached hydrogens (tertiary/aromatic N) is 6. The first-order valence-electron chi connectivity index (χ1n) is 57.0. The van der Waals surface area contributed by atoms with E-state index in [2.05, 4.69) is 303 Å². The van der Waals surface area contributed by atoms with Crippen LogP contribution in [0.2, 0.25) is 104 Å². The van der Waals surface area contributed by atoms with Crippen LogP contribution < -0.4 is 53.8 Å². The van der Waals surface area contributed by atoms with E-state index in [9.17, 15) is 0 Å². The van der Waals surface area contributed by atoms with Crippen LogP contribution in [0.15, 0.2) is 280 Å². The molecule has 0 spiro atoms. The number of hydrogen-bond acceptors (Lipinski definition) is 0. The third-order valence-electron chi connectivity index (χ3n) is 25.8. The van der Waals surface area contributed by atoms with Crippen molar-refractivity contribution in [2.45, 2.75) is 220 Å². The zero-order valence-electron chi connectivity index (χ0n) is 107. The third-order valence-corrected chi connectivity index (χ3v) is 51.7. The number of pyridine rings is 6. The molecule has 0 unspecified atom stereocenters. The Labute approximate surface area is 876 Å². The van der Waals surface area contributed by atoms with Crippen LogP contribution in [0.4, 0.5) is 0 Å². The zero-order valence-corrected chi connectivity index (χ0v) is 102. The number of rotatable bonds is 16. The quantitative estimate of drug-likeness (QED) is 0.0680. The third kappa shape index (κ3) is 29.0. The predicted octanol–water partition coefficient (Wildman–Crippen LogP) is 26.9. The van der Waals surface area contributed by atoms with Gasteiger partial charge < -0.3 is 0 Å². The average Bonchev–Trinajstić information content (AvgIpc) is 0.498. The first-order valence-corrected chi connectivity index (χ1v) is 92.6. The molecule has 0 atom stereocenters. The summed E-state index contributed by atoms with van der Waals surface area (Å²) in [6, 6.07) is 80.1. The first-order chi connectivity index (χ1) is 71.0. The molecule has 720 valence electrons. The van der Waals surface area contributed by atoms with Gasteiger partial charge in [0.2, 0.25) is 0 Å². The minimum atomic E-state index is -2.43. The van der Waals surface area contributed by atoms with Gasteiger partial charge >= 0.3 is 883 Å². The van der Waals surface area contributed by atoms with Gasteiger partial charge in [0.25, 0.3) is 0 Å². The van der Waals surface area contributed by atoms with Gasteiger partial charge in [-0.05, 0) is 0 Å². The van der Waals surface area contributed by atoms with Crippen molar-refractivity contribution < 1.29 is 50.7 Å². The number of aromatic nitrogens is 6. The van der Waals surface area contributed by atoms with Gasteiger partial charge in [0.15, 0.2) is 0 Å². The van der Waals surface area contributed by atoms with Crippen LogP contribution in [0.1, 0.15) is 122 Å². The molecule has 0 N–H and O–H groups in total. The summed E-state index contributed by atoms with van der Waals surface area (Å²) < 4.78 is 158. The molecule has 6 heterocycles. The fourth-order valence-electron chi connectivity index (χ4n) is 17.9. The van der Waals surface area contributed by atoms with Crippen molar-refractivity contribution >= 4 is 106 Å². The van der Waals surface area contributed by atoms with Gasteiger partial charge in [0.05, 0.1) is 0 Å². The normalized spacial score (nSPS) is 14.2. The Kier molecular flexibility index (Phi) is 29.4. The molecule has 15 aromatic rings.